The van der Waals surface area contributed by atoms with Gasteiger partial charge in [-0.2, -0.15) is 0 Å². The van der Waals surface area contributed by atoms with Crippen LogP contribution in [0.3, 0.4) is 0 Å². The minimum Gasteiger partial charge on any atom is -0.477 e. The van der Waals surface area contributed by atoms with Crippen LogP contribution in [0, 0.1) is 0 Å². The Kier molecular flexibility index (Phi) is 4.08. The maximum Gasteiger partial charge on any atom is 0.352 e. The SMILES string of the molecule is C/C=C(\NC(=O)c1cccc(Cl)c1)C(=O)O. The lowest BCUT2D eigenvalue weighted by atomic mass is 10.2. The number of carboxylic acids is 1. The minimum atomic E-state index is -1.18. The molecule has 0 unspecified atom stereocenters. The molecule has 0 aliphatic heterocycles. The van der Waals surface area contributed by atoms with Gasteiger partial charge in [-0.1, -0.05) is 23.7 Å². The molecule has 1 amide bonds. The van der Waals surface area contributed by atoms with Gasteiger partial charge in [0.2, 0.25) is 0 Å². The number of hydrogen-bond acceptors (Lipinski definition) is 2. The summed E-state index contributed by atoms with van der Waals surface area (Å²) in [5.74, 6) is -1.68. The highest BCUT2D eigenvalue weighted by Gasteiger charge is 2.11. The lowest BCUT2D eigenvalue weighted by molar-refractivity contribution is -0.133. The standard InChI is InChI=1S/C11H10ClNO3/c1-2-9(11(15)16)13-10(14)7-4-3-5-8(12)6-7/h2-6H,1H3,(H,13,14)(H,15,16)/b9-2-. The fourth-order valence-electron chi connectivity index (χ4n) is 1.07. The van der Waals surface area contributed by atoms with E-state index in [9.17, 15) is 9.59 Å². The molecule has 1 rings (SSSR count). The summed E-state index contributed by atoms with van der Waals surface area (Å²) in [6.45, 7) is 1.53. The molecule has 2 N–H and O–H groups in total. The fraction of sp³-hybridized carbons (Fsp3) is 0.0909. The summed E-state index contributed by atoms with van der Waals surface area (Å²) in [6, 6.07) is 6.27. The van der Waals surface area contributed by atoms with Crippen molar-refractivity contribution in [2.24, 2.45) is 0 Å². The monoisotopic (exact) mass is 239 g/mol. The normalized spacial score (nSPS) is 11.0. The quantitative estimate of drug-likeness (QED) is 0.794. The van der Waals surface area contributed by atoms with E-state index >= 15 is 0 Å². The second kappa shape index (κ2) is 5.32. The van der Waals surface area contributed by atoms with Gasteiger partial charge in [0.1, 0.15) is 5.70 Å². The van der Waals surface area contributed by atoms with E-state index in [2.05, 4.69) is 5.32 Å². The molecule has 0 bridgehead atoms. The van der Waals surface area contributed by atoms with Crippen LogP contribution in [0.5, 0.6) is 0 Å². The molecular weight excluding hydrogens is 230 g/mol. The summed E-state index contributed by atoms with van der Waals surface area (Å²) in [5, 5.41) is 11.4. The molecule has 0 atom stereocenters. The first-order valence-electron chi connectivity index (χ1n) is 4.51. The fourth-order valence-corrected chi connectivity index (χ4v) is 1.26. The van der Waals surface area contributed by atoms with Crippen LogP contribution < -0.4 is 5.32 Å². The predicted molar refractivity (Wildman–Crippen MR) is 60.3 cm³/mol. The van der Waals surface area contributed by atoms with Gasteiger partial charge in [-0.05, 0) is 25.1 Å². The molecule has 5 heteroatoms. The van der Waals surface area contributed by atoms with Gasteiger partial charge in [-0.3, -0.25) is 4.79 Å². The van der Waals surface area contributed by atoms with Crippen LogP contribution in [-0.4, -0.2) is 17.0 Å². The van der Waals surface area contributed by atoms with Crippen molar-refractivity contribution in [3.8, 4) is 0 Å². The van der Waals surface area contributed by atoms with E-state index in [0.29, 0.717) is 10.6 Å². The summed E-state index contributed by atoms with van der Waals surface area (Å²) in [7, 11) is 0. The van der Waals surface area contributed by atoms with E-state index in [4.69, 9.17) is 16.7 Å². The number of amides is 1. The van der Waals surface area contributed by atoms with E-state index in [1.807, 2.05) is 0 Å². The van der Waals surface area contributed by atoms with Crippen molar-refractivity contribution >= 4 is 23.5 Å². The Morgan fingerprint density at radius 1 is 1.44 bits per heavy atom. The van der Waals surface area contributed by atoms with Gasteiger partial charge in [0.05, 0.1) is 0 Å². The highest BCUT2D eigenvalue weighted by Crippen LogP contribution is 2.10. The number of carbonyl (C=O) groups excluding carboxylic acids is 1. The largest absolute Gasteiger partial charge is 0.477 e. The maximum atomic E-state index is 11.6. The van der Waals surface area contributed by atoms with E-state index in [1.54, 1.807) is 18.2 Å². The van der Waals surface area contributed by atoms with Gasteiger partial charge >= 0.3 is 5.97 Å². The Hall–Kier alpha value is -1.81. The molecule has 0 fully saturated rings. The molecule has 16 heavy (non-hydrogen) atoms. The Morgan fingerprint density at radius 2 is 2.12 bits per heavy atom. The van der Waals surface area contributed by atoms with E-state index in [-0.39, 0.29) is 5.70 Å². The van der Waals surface area contributed by atoms with Crippen molar-refractivity contribution in [3.63, 3.8) is 0 Å². The summed E-state index contributed by atoms with van der Waals surface area (Å²) < 4.78 is 0. The molecule has 1 aromatic rings. The van der Waals surface area contributed by atoms with Crippen LogP contribution in [0.15, 0.2) is 36.0 Å². The number of halogens is 1. The van der Waals surface area contributed by atoms with Gasteiger partial charge in [0.15, 0.2) is 0 Å². The summed E-state index contributed by atoms with van der Waals surface area (Å²) in [5.41, 5.74) is 0.151. The lowest BCUT2D eigenvalue weighted by Gasteiger charge is -2.05. The summed E-state index contributed by atoms with van der Waals surface area (Å²) in [4.78, 5) is 22.3. The summed E-state index contributed by atoms with van der Waals surface area (Å²) >= 11 is 5.71. The third-order valence-electron chi connectivity index (χ3n) is 1.85. The first-order valence-corrected chi connectivity index (χ1v) is 4.89. The number of benzene rings is 1. The third kappa shape index (κ3) is 3.10. The highest BCUT2D eigenvalue weighted by atomic mass is 35.5. The molecule has 84 valence electrons. The first kappa shape index (κ1) is 12.3. The second-order valence-electron chi connectivity index (χ2n) is 2.97. The average molecular weight is 240 g/mol. The Labute approximate surface area is 97.5 Å². The smallest absolute Gasteiger partial charge is 0.352 e. The number of nitrogens with one attached hydrogen (secondary N) is 1. The molecular formula is C11H10ClNO3. The Morgan fingerprint density at radius 3 is 2.62 bits per heavy atom. The zero-order chi connectivity index (χ0) is 12.1. The molecule has 0 aliphatic carbocycles. The Bertz CT molecular complexity index is 454. The average Bonchev–Trinajstić information content (AvgIpc) is 2.25. The molecule has 0 aromatic heterocycles. The van der Waals surface area contributed by atoms with Crippen molar-refractivity contribution in [1.82, 2.24) is 5.32 Å². The molecule has 0 saturated heterocycles. The first-order chi connectivity index (χ1) is 7.54. The van der Waals surface area contributed by atoms with Gasteiger partial charge in [-0.15, -0.1) is 0 Å². The zero-order valence-electron chi connectivity index (χ0n) is 8.53. The van der Waals surface area contributed by atoms with Gasteiger partial charge in [0, 0.05) is 10.6 Å². The van der Waals surface area contributed by atoms with Gasteiger partial charge < -0.3 is 10.4 Å². The van der Waals surface area contributed by atoms with Crippen LogP contribution in [0.2, 0.25) is 5.02 Å². The molecule has 0 aliphatic rings. The van der Waals surface area contributed by atoms with E-state index < -0.39 is 11.9 Å². The molecule has 0 saturated carbocycles. The van der Waals surface area contributed by atoms with Crippen molar-refractivity contribution in [1.29, 1.82) is 0 Å². The number of carbonyl (C=O) groups is 2. The zero-order valence-corrected chi connectivity index (χ0v) is 9.28. The Balaban J connectivity index is 2.84. The van der Waals surface area contributed by atoms with Crippen molar-refractivity contribution < 1.29 is 14.7 Å². The van der Waals surface area contributed by atoms with Crippen molar-refractivity contribution in [3.05, 3.63) is 46.6 Å². The lowest BCUT2D eigenvalue weighted by Crippen LogP contribution is -2.27. The molecule has 0 radical (unpaired) electrons. The van der Waals surface area contributed by atoms with Crippen LogP contribution in [0.4, 0.5) is 0 Å². The van der Waals surface area contributed by atoms with Gasteiger partial charge in [-0.25, -0.2) is 4.79 Å². The van der Waals surface area contributed by atoms with Crippen molar-refractivity contribution in [2.45, 2.75) is 6.92 Å². The number of allylic oxidation sites excluding steroid dienone is 1. The topological polar surface area (TPSA) is 66.4 Å². The number of aliphatic carboxylic acids is 1. The highest BCUT2D eigenvalue weighted by molar-refractivity contribution is 6.31. The number of hydrogen-bond donors (Lipinski definition) is 2. The van der Waals surface area contributed by atoms with Crippen LogP contribution in [0.25, 0.3) is 0 Å². The maximum absolute atomic E-state index is 11.6. The molecule has 0 heterocycles. The van der Waals surface area contributed by atoms with E-state index in [1.165, 1.54) is 19.1 Å². The minimum absolute atomic E-state index is 0.162. The molecule has 4 nitrogen and oxygen atoms in total. The third-order valence-corrected chi connectivity index (χ3v) is 2.09. The second-order valence-corrected chi connectivity index (χ2v) is 3.41. The predicted octanol–water partition coefficient (Wildman–Crippen LogP) is 2.06. The van der Waals surface area contributed by atoms with Crippen LogP contribution >= 0.6 is 11.6 Å². The number of carboxylic acid groups (broad SMARTS) is 1. The van der Waals surface area contributed by atoms with Crippen molar-refractivity contribution in [2.75, 3.05) is 0 Å². The van der Waals surface area contributed by atoms with Crippen LogP contribution in [0.1, 0.15) is 17.3 Å². The molecule has 1 aromatic carbocycles. The molecule has 0 spiro atoms. The summed E-state index contributed by atoms with van der Waals surface area (Å²) in [6.07, 6.45) is 1.31. The van der Waals surface area contributed by atoms with Crippen LogP contribution in [-0.2, 0) is 4.79 Å². The van der Waals surface area contributed by atoms with Gasteiger partial charge in [0.25, 0.3) is 5.91 Å². The van der Waals surface area contributed by atoms with E-state index in [0.717, 1.165) is 0 Å². The number of rotatable bonds is 3.